The van der Waals surface area contributed by atoms with Crippen molar-refractivity contribution in [3.05, 3.63) is 29.8 Å². The van der Waals surface area contributed by atoms with Crippen LogP contribution < -0.4 is 15.5 Å². The number of benzene rings is 1. The molecule has 0 saturated carbocycles. The first-order valence-electron chi connectivity index (χ1n) is 8.21. The Morgan fingerprint density at radius 3 is 2.35 bits per heavy atom. The van der Waals surface area contributed by atoms with Crippen LogP contribution in [0.3, 0.4) is 0 Å². The molecule has 1 aromatic rings. The number of hydrogen-bond donors (Lipinski definition) is 2. The summed E-state index contributed by atoms with van der Waals surface area (Å²) in [6.07, 6.45) is 0.964. The van der Waals surface area contributed by atoms with E-state index in [1.807, 2.05) is 13.8 Å². The smallest absolute Gasteiger partial charge is 0.191 e. The normalized spacial score (nSPS) is 12.2. The maximum absolute atomic E-state index is 5.40. The van der Waals surface area contributed by atoms with Crippen molar-refractivity contribution in [3.63, 3.8) is 0 Å². The van der Waals surface area contributed by atoms with Crippen LogP contribution >= 0.6 is 0 Å². The molecule has 0 saturated heterocycles. The molecule has 0 unspecified atom stereocenters. The zero-order valence-electron chi connectivity index (χ0n) is 15.4. The Balaban J connectivity index is 2.50. The molecule has 0 aromatic heterocycles. The summed E-state index contributed by atoms with van der Waals surface area (Å²) in [6.45, 7) is 8.45. The average Bonchev–Trinajstić information content (AvgIpc) is 2.53. The quantitative estimate of drug-likeness (QED) is 0.570. The van der Waals surface area contributed by atoms with Gasteiger partial charge in [0, 0.05) is 40.0 Å². The van der Waals surface area contributed by atoms with E-state index in [-0.39, 0.29) is 5.60 Å². The molecule has 23 heavy (non-hydrogen) atoms. The highest BCUT2D eigenvalue weighted by Crippen LogP contribution is 2.12. The second-order valence-electron chi connectivity index (χ2n) is 6.40. The highest BCUT2D eigenvalue weighted by atomic mass is 16.5. The third-order valence-electron chi connectivity index (χ3n) is 3.67. The van der Waals surface area contributed by atoms with Crippen molar-refractivity contribution < 1.29 is 4.74 Å². The van der Waals surface area contributed by atoms with Gasteiger partial charge in [0.1, 0.15) is 0 Å². The lowest BCUT2D eigenvalue weighted by molar-refractivity contribution is 0.0310. The van der Waals surface area contributed by atoms with Gasteiger partial charge in [-0.05, 0) is 44.9 Å². The number of nitrogens with one attached hydrogen (secondary N) is 2. The molecule has 0 atom stereocenters. The van der Waals surface area contributed by atoms with Crippen molar-refractivity contribution in [3.8, 4) is 0 Å². The van der Waals surface area contributed by atoms with Crippen molar-refractivity contribution in [2.24, 2.45) is 4.99 Å². The van der Waals surface area contributed by atoms with Gasteiger partial charge in [-0.25, -0.2) is 0 Å². The predicted octanol–water partition coefficient (Wildman–Crippen LogP) is 2.28. The number of anilines is 1. The zero-order chi connectivity index (χ0) is 17.3. The fraction of sp³-hybridized carbons (Fsp3) is 0.611. The van der Waals surface area contributed by atoms with E-state index in [0.29, 0.717) is 6.54 Å². The van der Waals surface area contributed by atoms with Gasteiger partial charge in [0.2, 0.25) is 0 Å². The molecule has 0 aliphatic heterocycles. The van der Waals surface area contributed by atoms with Crippen molar-refractivity contribution in [2.75, 3.05) is 45.7 Å². The Morgan fingerprint density at radius 2 is 1.83 bits per heavy atom. The van der Waals surface area contributed by atoms with E-state index in [1.54, 1.807) is 7.11 Å². The average molecular weight is 320 g/mol. The molecule has 0 bridgehead atoms. The molecule has 130 valence electrons. The van der Waals surface area contributed by atoms with Crippen molar-refractivity contribution in [2.45, 2.75) is 32.8 Å². The van der Waals surface area contributed by atoms with E-state index in [1.165, 1.54) is 11.3 Å². The van der Waals surface area contributed by atoms with Crippen molar-refractivity contribution in [1.29, 1.82) is 0 Å². The molecule has 0 amide bonds. The molecule has 5 heteroatoms. The van der Waals surface area contributed by atoms with Gasteiger partial charge in [0.05, 0.1) is 12.1 Å². The summed E-state index contributed by atoms with van der Waals surface area (Å²) >= 11 is 0. The van der Waals surface area contributed by atoms with Gasteiger partial charge in [0.15, 0.2) is 5.96 Å². The molecule has 0 aliphatic rings. The molecular formula is C18H32N4O. The first kappa shape index (κ1) is 19.3. The van der Waals surface area contributed by atoms with Gasteiger partial charge in [-0.2, -0.15) is 0 Å². The van der Waals surface area contributed by atoms with Crippen LogP contribution in [0, 0.1) is 0 Å². The molecule has 0 fully saturated rings. The lowest BCUT2D eigenvalue weighted by Gasteiger charge is -2.21. The Hall–Kier alpha value is -1.75. The second kappa shape index (κ2) is 9.40. The first-order valence-corrected chi connectivity index (χ1v) is 8.21. The summed E-state index contributed by atoms with van der Waals surface area (Å²) in [5.41, 5.74) is 2.29. The standard InChI is InChI=1S/C18H32N4O/c1-7-19-17(21-14-18(2,3)23-6)20-13-12-15-8-10-16(11-9-15)22(4)5/h8-11H,7,12-14H2,1-6H3,(H2,19,20,21). The fourth-order valence-electron chi connectivity index (χ4n) is 1.96. The van der Waals surface area contributed by atoms with Crippen LogP contribution in [0.1, 0.15) is 26.3 Å². The van der Waals surface area contributed by atoms with Gasteiger partial charge in [-0.3, -0.25) is 4.99 Å². The van der Waals surface area contributed by atoms with Crippen LogP contribution in [-0.4, -0.2) is 52.4 Å². The predicted molar refractivity (Wildman–Crippen MR) is 99.5 cm³/mol. The number of rotatable bonds is 8. The third kappa shape index (κ3) is 7.37. The highest BCUT2D eigenvalue weighted by molar-refractivity contribution is 5.79. The molecule has 0 radical (unpaired) electrons. The molecule has 5 nitrogen and oxygen atoms in total. The number of hydrogen-bond acceptors (Lipinski definition) is 3. The first-order chi connectivity index (χ1) is 10.9. The molecule has 1 rings (SSSR count). The summed E-state index contributed by atoms with van der Waals surface area (Å²) < 4.78 is 5.40. The van der Waals surface area contributed by atoms with Crippen molar-refractivity contribution in [1.82, 2.24) is 10.6 Å². The fourth-order valence-corrected chi connectivity index (χ4v) is 1.96. The van der Waals surface area contributed by atoms with E-state index in [2.05, 4.69) is 65.8 Å². The van der Waals surface area contributed by atoms with E-state index in [4.69, 9.17) is 4.74 Å². The van der Waals surface area contributed by atoms with Crippen LogP contribution in [0.5, 0.6) is 0 Å². The summed E-state index contributed by atoms with van der Waals surface area (Å²) in [7, 11) is 5.82. The monoisotopic (exact) mass is 320 g/mol. The van der Waals surface area contributed by atoms with Crippen LogP contribution in [0.15, 0.2) is 29.3 Å². The highest BCUT2D eigenvalue weighted by Gasteiger charge is 2.15. The minimum atomic E-state index is -0.246. The molecular weight excluding hydrogens is 288 g/mol. The van der Waals surface area contributed by atoms with Gasteiger partial charge in [-0.15, -0.1) is 0 Å². The second-order valence-corrected chi connectivity index (χ2v) is 6.40. The summed E-state index contributed by atoms with van der Waals surface area (Å²) in [5.74, 6) is 0.836. The largest absolute Gasteiger partial charge is 0.378 e. The molecule has 0 aliphatic carbocycles. The number of methoxy groups -OCH3 is 1. The number of aliphatic imine (C=N–C) groups is 1. The van der Waals surface area contributed by atoms with Gasteiger partial charge < -0.3 is 20.3 Å². The maximum Gasteiger partial charge on any atom is 0.191 e. The van der Waals surface area contributed by atoms with Crippen LogP contribution in [0.25, 0.3) is 0 Å². The number of guanidine groups is 1. The molecule has 2 N–H and O–H groups in total. The zero-order valence-corrected chi connectivity index (χ0v) is 15.4. The van der Waals surface area contributed by atoms with E-state index in [9.17, 15) is 0 Å². The Labute approximate surface area is 141 Å². The van der Waals surface area contributed by atoms with Gasteiger partial charge >= 0.3 is 0 Å². The summed E-state index contributed by atoms with van der Waals surface area (Å²) in [5, 5.41) is 6.64. The molecule has 1 aromatic carbocycles. The van der Waals surface area contributed by atoms with Gasteiger partial charge in [-0.1, -0.05) is 12.1 Å². The topological polar surface area (TPSA) is 48.9 Å². The Bertz CT molecular complexity index is 480. The minimum absolute atomic E-state index is 0.246. The summed E-state index contributed by atoms with van der Waals surface area (Å²) in [4.78, 5) is 6.69. The Morgan fingerprint density at radius 1 is 1.17 bits per heavy atom. The van der Waals surface area contributed by atoms with E-state index in [0.717, 1.165) is 25.5 Å². The third-order valence-corrected chi connectivity index (χ3v) is 3.67. The lowest BCUT2D eigenvalue weighted by Crippen LogP contribution is -2.40. The van der Waals surface area contributed by atoms with Crippen LogP contribution in [0.4, 0.5) is 5.69 Å². The van der Waals surface area contributed by atoms with Crippen molar-refractivity contribution >= 4 is 11.6 Å². The Kier molecular flexibility index (Phi) is 7.89. The van der Waals surface area contributed by atoms with E-state index < -0.39 is 0 Å². The summed E-state index contributed by atoms with van der Waals surface area (Å²) in [6, 6.07) is 8.65. The molecule has 0 heterocycles. The lowest BCUT2D eigenvalue weighted by atomic mass is 10.1. The van der Waals surface area contributed by atoms with Crippen LogP contribution in [-0.2, 0) is 11.2 Å². The number of ether oxygens (including phenoxy) is 1. The maximum atomic E-state index is 5.40. The SMILES string of the molecule is CCNC(=NCC(C)(C)OC)NCCc1ccc(N(C)C)cc1. The van der Waals surface area contributed by atoms with Gasteiger partial charge in [0.25, 0.3) is 0 Å². The molecule has 0 spiro atoms. The van der Waals surface area contributed by atoms with E-state index >= 15 is 0 Å². The minimum Gasteiger partial charge on any atom is -0.378 e. The number of nitrogens with zero attached hydrogens (tertiary/aromatic N) is 2. The van der Waals surface area contributed by atoms with Crippen LogP contribution in [0.2, 0.25) is 0 Å².